The van der Waals surface area contributed by atoms with Gasteiger partial charge in [-0.05, 0) is 40.5 Å². The van der Waals surface area contributed by atoms with Gasteiger partial charge in [0.2, 0.25) is 0 Å². The Hall–Kier alpha value is -2.36. The van der Waals surface area contributed by atoms with E-state index in [4.69, 9.17) is 11.5 Å². The van der Waals surface area contributed by atoms with Crippen LogP contribution in [0.3, 0.4) is 0 Å². The number of nitrogen functional groups attached to an aromatic ring is 2. The van der Waals surface area contributed by atoms with Gasteiger partial charge in [0.25, 0.3) is 0 Å². The van der Waals surface area contributed by atoms with E-state index < -0.39 is 0 Å². The molecule has 0 amide bonds. The van der Waals surface area contributed by atoms with Crippen LogP contribution in [0.4, 0.5) is 11.4 Å². The minimum atomic E-state index is 0.0725. The van der Waals surface area contributed by atoms with E-state index in [0.717, 1.165) is 22.3 Å². The Morgan fingerprint density at radius 3 is 2.47 bits per heavy atom. The molecule has 0 spiro atoms. The number of phenolic OH excluding ortho intramolecular Hbond substituents is 2. The minimum absolute atomic E-state index is 0.0725. The average Bonchev–Trinajstić information content (AvgIpc) is 2.63. The lowest BCUT2D eigenvalue weighted by Gasteiger charge is -2.06. The standard InChI is InChI=1S/C13H12N2O2/c14-10-4-6-3-9-7(8(6)5-12(10)17)1-2-11(16)13(9)15/h1-2,4-5,16-17H,3,14-15H2. The third kappa shape index (κ3) is 1.24. The maximum absolute atomic E-state index is 9.63. The quantitative estimate of drug-likeness (QED) is 0.349. The Kier molecular flexibility index (Phi) is 1.78. The second-order valence-corrected chi connectivity index (χ2v) is 4.27. The molecule has 6 N–H and O–H groups in total. The van der Waals surface area contributed by atoms with Crippen LogP contribution in [0.2, 0.25) is 0 Å². The Morgan fingerprint density at radius 2 is 1.71 bits per heavy atom. The number of phenols is 2. The topological polar surface area (TPSA) is 92.5 Å². The number of hydrogen-bond donors (Lipinski definition) is 4. The molecular formula is C13H12N2O2. The first-order valence-electron chi connectivity index (χ1n) is 5.30. The summed E-state index contributed by atoms with van der Waals surface area (Å²) in [5.74, 6) is 0.164. The molecule has 1 aliphatic rings. The van der Waals surface area contributed by atoms with Gasteiger partial charge in [-0.25, -0.2) is 0 Å². The predicted octanol–water partition coefficient (Wildman–Crippen LogP) is 1.83. The summed E-state index contributed by atoms with van der Waals surface area (Å²) in [5, 5.41) is 19.2. The van der Waals surface area contributed by atoms with E-state index in [1.807, 2.05) is 6.07 Å². The van der Waals surface area contributed by atoms with Crippen LogP contribution in [-0.2, 0) is 6.42 Å². The fraction of sp³-hybridized carbons (Fsp3) is 0.0769. The first-order chi connectivity index (χ1) is 8.08. The largest absolute Gasteiger partial charge is 0.506 e. The second-order valence-electron chi connectivity index (χ2n) is 4.27. The first-order valence-corrected chi connectivity index (χ1v) is 5.30. The number of hydrogen-bond acceptors (Lipinski definition) is 4. The molecule has 4 nitrogen and oxygen atoms in total. The van der Waals surface area contributed by atoms with Crippen molar-refractivity contribution in [3.05, 3.63) is 35.4 Å². The van der Waals surface area contributed by atoms with Gasteiger partial charge in [-0.1, -0.05) is 6.07 Å². The van der Waals surface area contributed by atoms with E-state index in [0.29, 0.717) is 17.8 Å². The van der Waals surface area contributed by atoms with Crippen LogP contribution in [0.5, 0.6) is 11.5 Å². The van der Waals surface area contributed by atoms with Gasteiger partial charge < -0.3 is 21.7 Å². The highest BCUT2D eigenvalue weighted by atomic mass is 16.3. The van der Waals surface area contributed by atoms with Crippen LogP contribution < -0.4 is 11.5 Å². The van der Waals surface area contributed by atoms with E-state index >= 15 is 0 Å². The highest BCUT2D eigenvalue weighted by Gasteiger charge is 2.23. The highest BCUT2D eigenvalue weighted by molar-refractivity contribution is 5.85. The molecule has 0 aromatic heterocycles. The molecule has 1 aliphatic carbocycles. The summed E-state index contributed by atoms with van der Waals surface area (Å²) in [5.41, 5.74) is 16.1. The maximum Gasteiger partial charge on any atom is 0.139 e. The van der Waals surface area contributed by atoms with Crippen molar-refractivity contribution < 1.29 is 10.2 Å². The number of benzene rings is 2. The van der Waals surface area contributed by atoms with Crippen molar-refractivity contribution in [3.63, 3.8) is 0 Å². The zero-order valence-electron chi connectivity index (χ0n) is 9.07. The molecule has 0 fully saturated rings. The zero-order valence-corrected chi connectivity index (χ0v) is 9.07. The lowest BCUT2D eigenvalue weighted by Crippen LogP contribution is -1.93. The summed E-state index contributed by atoms with van der Waals surface area (Å²) < 4.78 is 0. The molecule has 0 bridgehead atoms. The van der Waals surface area contributed by atoms with E-state index in [2.05, 4.69) is 0 Å². The molecule has 86 valence electrons. The fourth-order valence-electron chi connectivity index (χ4n) is 2.33. The Morgan fingerprint density at radius 1 is 0.941 bits per heavy atom. The van der Waals surface area contributed by atoms with Crippen LogP contribution in [0.15, 0.2) is 24.3 Å². The van der Waals surface area contributed by atoms with Gasteiger partial charge in [0.05, 0.1) is 11.4 Å². The summed E-state index contributed by atoms with van der Waals surface area (Å²) in [6.07, 6.45) is 0.634. The normalized spacial score (nSPS) is 12.2. The molecule has 0 saturated carbocycles. The zero-order chi connectivity index (χ0) is 12.2. The molecule has 3 rings (SSSR count). The molecule has 2 aromatic carbocycles. The smallest absolute Gasteiger partial charge is 0.139 e. The third-order valence-electron chi connectivity index (χ3n) is 3.24. The molecule has 0 unspecified atom stereocenters. The van der Waals surface area contributed by atoms with Gasteiger partial charge in [0.1, 0.15) is 11.5 Å². The first kappa shape index (κ1) is 9.84. The van der Waals surface area contributed by atoms with Gasteiger partial charge in [-0.15, -0.1) is 0 Å². The van der Waals surface area contributed by atoms with Gasteiger partial charge in [-0.3, -0.25) is 0 Å². The fourth-order valence-corrected chi connectivity index (χ4v) is 2.33. The third-order valence-corrected chi connectivity index (χ3v) is 3.24. The molecule has 0 heterocycles. The van der Waals surface area contributed by atoms with Crippen molar-refractivity contribution in [1.29, 1.82) is 0 Å². The van der Waals surface area contributed by atoms with Crippen molar-refractivity contribution in [1.82, 2.24) is 0 Å². The molecule has 0 atom stereocenters. The number of fused-ring (bicyclic) bond motifs is 3. The SMILES string of the molecule is Nc1cc2c(cc1O)-c1ccc(O)c(N)c1C2. The summed E-state index contributed by atoms with van der Waals surface area (Å²) in [6.45, 7) is 0. The molecule has 0 saturated heterocycles. The summed E-state index contributed by atoms with van der Waals surface area (Å²) in [6, 6.07) is 6.77. The number of aromatic hydroxyl groups is 2. The lowest BCUT2D eigenvalue weighted by molar-refractivity contribution is 0.477. The molecule has 0 aliphatic heterocycles. The van der Waals surface area contributed by atoms with Crippen LogP contribution in [0.1, 0.15) is 11.1 Å². The van der Waals surface area contributed by atoms with Crippen molar-refractivity contribution in [2.45, 2.75) is 6.42 Å². The molecule has 2 aromatic rings. The van der Waals surface area contributed by atoms with E-state index in [1.54, 1.807) is 18.2 Å². The summed E-state index contributed by atoms with van der Waals surface area (Å²) in [7, 11) is 0. The maximum atomic E-state index is 9.63. The van der Waals surface area contributed by atoms with Crippen molar-refractivity contribution in [2.75, 3.05) is 11.5 Å². The molecule has 0 radical (unpaired) electrons. The Balaban J connectivity index is 2.29. The van der Waals surface area contributed by atoms with Crippen molar-refractivity contribution >= 4 is 11.4 Å². The van der Waals surface area contributed by atoms with Crippen LogP contribution in [-0.4, -0.2) is 10.2 Å². The molecule has 17 heavy (non-hydrogen) atoms. The summed E-state index contributed by atoms with van der Waals surface area (Å²) in [4.78, 5) is 0. The van der Waals surface area contributed by atoms with E-state index in [-0.39, 0.29) is 11.5 Å². The summed E-state index contributed by atoms with van der Waals surface area (Å²) >= 11 is 0. The van der Waals surface area contributed by atoms with Crippen molar-refractivity contribution in [2.24, 2.45) is 0 Å². The van der Waals surface area contributed by atoms with Crippen LogP contribution >= 0.6 is 0 Å². The lowest BCUT2D eigenvalue weighted by atomic mass is 10.0. The van der Waals surface area contributed by atoms with Gasteiger partial charge in [0, 0.05) is 6.42 Å². The van der Waals surface area contributed by atoms with Gasteiger partial charge in [0.15, 0.2) is 0 Å². The van der Waals surface area contributed by atoms with E-state index in [9.17, 15) is 10.2 Å². The van der Waals surface area contributed by atoms with E-state index in [1.165, 1.54) is 0 Å². The molecule has 4 heteroatoms. The Bertz CT molecular complexity index is 636. The minimum Gasteiger partial charge on any atom is -0.506 e. The second kappa shape index (κ2) is 3.07. The number of nitrogens with two attached hydrogens (primary N) is 2. The van der Waals surface area contributed by atoms with Gasteiger partial charge in [-0.2, -0.15) is 0 Å². The van der Waals surface area contributed by atoms with Crippen LogP contribution in [0, 0.1) is 0 Å². The number of anilines is 2. The van der Waals surface area contributed by atoms with Crippen molar-refractivity contribution in [3.8, 4) is 22.6 Å². The average molecular weight is 228 g/mol. The highest BCUT2D eigenvalue weighted by Crippen LogP contribution is 2.44. The number of rotatable bonds is 0. The molecular weight excluding hydrogens is 216 g/mol. The predicted molar refractivity (Wildman–Crippen MR) is 66.8 cm³/mol. The monoisotopic (exact) mass is 228 g/mol. The Labute approximate surface area is 98.1 Å². The van der Waals surface area contributed by atoms with Gasteiger partial charge >= 0.3 is 0 Å². The van der Waals surface area contributed by atoms with Crippen LogP contribution in [0.25, 0.3) is 11.1 Å².